The van der Waals surface area contributed by atoms with Crippen LogP contribution in [0.25, 0.3) is 22.2 Å². The first kappa shape index (κ1) is 18.8. The number of esters is 1. The molecule has 1 atom stereocenters. The number of methoxy groups -OCH3 is 1. The molecule has 0 saturated carbocycles. The van der Waals surface area contributed by atoms with Crippen molar-refractivity contribution in [1.82, 2.24) is 10.3 Å². The zero-order valence-electron chi connectivity index (χ0n) is 15.7. The van der Waals surface area contributed by atoms with Crippen LogP contribution in [-0.2, 0) is 9.53 Å². The van der Waals surface area contributed by atoms with E-state index < -0.39 is 12.0 Å². The van der Waals surface area contributed by atoms with Crippen molar-refractivity contribution in [2.75, 3.05) is 7.11 Å². The van der Waals surface area contributed by atoms with Gasteiger partial charge in [0.05, 0.1) is 23.9 Å². The van der Waals surface area contributed by atoms with E-state index in [1.165, 1.54) is 18.4 Å². The van der Waals surface area contributed by atoms with Gasteiger partial charge < -0.3 is 10.1 Å². The quantitative estimate of drug-likeness (QED) is 0.495. The van der Waals surface area contributed by atoms with E-state index >= 15 is 0 Å². The molecule has 6 heteroatoms. The molecule has 0 spiro atoms. The summed E-state index contributed by atoms with van der Waals surface area (Å²) in [6.07, 6.45) is 0. The molecule has 0 radical (unpaired) electrons. The van der Waals surface area contributed by atoms with Gasteiger partial charge in [0, 0.05) is 15.8 Å². The van der Waals surface area contributed by atoms with E-state index in [-0.39, 0.29) is 5.91 Å². The highest BCUT2D eigenvalue weighted by molar-refractivity contribution is 7.10. The standard InChI is InChI=1S/C23H18N2O3S/c1-28-23(27)21(20-12-7-13-29-20)25-22(26)17-14-19(15-8-3-2-4-9-15)24-18-11-6-5-10-16(17)18/h2-14,21H,1H3,(H,25,26)/t21-/m0/s1. The number of nitrogens with one attached hydrogen (secondary N) is 1. The summed E-state index contributed by atoms with van der Waals surface area (Å²) in [5.41, 5.74) is 2.78. The van der Waals surface area contributed by atoms with Crippen molar-refractivity contribution in [3.05, 3.63) is 88.6 Å². The summed E-state index contributed by atoms with van der Waals surface area (Å²) in [5.74, 6) is -0.868. The van der Waals surface area contributed by atoms with Gasteiger partial charge in [-0.25, -0.2) is 9.78 Å². The maximum Gasteiger partial charge on any atom is 0.333 e. The highest BCUT2D eigenvalue weighted by atomic mass is 32.1. The van der Waals surface area contributed by atoms with E-state index in [9.17, 15) is 9.59 Å². The molecule has 29 heavy (non-hydrogen) atoms. The fraction of sp³-hybridized carbons (Fsp3) is 0.0870. The van der Waals surface area contributed by atoms with Gasteiger partial charge in [-0.3, -0.25) is 4.79 Å². The number of carbonyl (C=O) groups is 2. The topological polar surface area (TPSA) is 68.3 Å². The van der Waals surface area contributed by atoms with Gasteiger partial charge in [0.15, 0.2) is 6.04 Å². The zero-order chi connectivity index (χ0) is 20.2. The predicted molar refractivity (Wildman–Crippen MR) is 114 cm³/mol. The fourth-order valence-electron chi connectivity index (χ4n) is 3.15. The van der Waals surface area contributed by atoms with Crippen molar-refractivity contribution in [1.29, 1.82) is 0 Å². The van der Waals surface area contributed by atoms with Crippen molar-refractivity contribution in [3.8, 4) is 11.3 Å². The molecular formula is C23H18N2O3S. The van der Waals surface area contributed by atoms with E-state index in [0.29, 0.717) is 21.7 Å². The SMILES string of the molecule is COC(=O)[C@@H](NC(=O)c1cc(-c2ccccc2)nc2ccccc12)c1cccs1. The first-order valence-corrected chi connectivity index (χ1v) is 9.92. The minimum atomic E-state index is -0.861. The van der Waals surface area contributed by atoms with Crippen molar-refractivity contribution < 1.29 is 14.3 Å². The number of rotatable bonds is 5. The summed E-state index contributed by atoms with van der Waals surface area (Å²) in [4.78, 5) is 30.9. The first-order chi connectivity index (χ1) is 14.2. The number of thiophene rings is 1. The molecule has 0 aliphatic rings. The van der Waals surface area contributed by atoms with Crippen molar-refractivity contribution in [3.63, 3.8) is 0 Å². The van der Waals surface area contributed by atoms with Crippen LogP contribution >= 0.6 is 11.3 Å². The van der Waals surface area contributed by atoms with E-state index in [2.05, 4.69) is 5.32 Å². The van der Waals surface area contributed by atoms with Gasteiger partial charge in [-0.1, -0.05) is 54.6 Å². The largest absolute Gasteiger partial charge is 0.467 e. The summed E-state index contributed by atoms with van der Waals surface area (Å²) in [7, 11) is 1.31. The van der Waals surface area contributed by atoms with Crippen molar-refractivity contribution in [2.45, 2.75) is 6.04 Å². The maximum absolute atomic E-state index is 13.2. The number of carbonyl (C=O) groups excluding carboxylic acids is 2. The third-order valence-electron chi connectivity index (χ3n) is 4.57. The van der Waals surface area contributed by atoms with Crippen molar-refractivity contribution in [2.24, 2.45) is 0 Å². The molecule has 5 nitrogen and oxygen atoms in total. The number of benzene rings is 2. The predicted octanol–water partition coefficient (Wildman–Crippen LogP) is 4.61. The number of ether oxygens (including phenoxy) is 1. The molecule has 1 N–H and O–H groups in total. The Hall–Kier alpha value is -3.51. The number of pyridine rings is 1. The third-order valence-corrected chi connectivity index (χ3v) is 5.51. The summed E-state index contributed by atoms with van der Waals surface area (Å²) in [6, 6.07) is 21.7. The van der Waals surface area contributed by atoms with E-state index in [1.807, 2.05) is 66.0 Å². The lowest BCUT2D eigenvalue weighted by Gasteiger charge is -2.16. The molecule has 0 saturated heterocycles. The number of fused-ring (bicyclic) bond motifs is 1. The smallest absolute Gasteiger partial charge is 0.333 e. The Kier molecular flexibility index (Phi) is 5.35. The van der Waals surface area contributed by atoms with Gasteiger partial charge in [-0.2, -0.15) is 0 Å². The van der Waals surface area contributed by atoms with Crippen LogP contribution in [0, 0.1) is 0 Å². The fourth-order valence-corrected chi connectivity index (χ4v) is 3.91. The number of amides is 1. The molecule has 0 fully saturated rings. The van der Waals surface area contributed by atoms with E-state index in [1.54, 1.807) is 12.1 Å². The van der Waals surface area contributed by atoms with E-state index in [0.717, 1.165) is 10.9 Å². The molecule has 0 aliphatic heterocycles. The number of aromatic nitrogens is 1. The third kappa shape index (κ3) is 3.88. The van der Waals surface area contributed by atoms with Gasteiger partial charge in [0.2, 0.25) is 0 Å². The van der Waals surface area contributed by atoms with Crippen LogP contribution in [0.15, 0.2) is 78.2 Å². The van der Waals surface area contributed by atoms with Crippen LogP contribution in [0.1, 0.15) is 21.3 Å². The average molecular weight is 402 g/mol. The van der Waals surface area contributed by atoms with Gasteiger partial charge in [-0.05, 0) is 23.6 Å². The molecule has 0 aliphatic carbocycles. The normalized spacial score (nSPS) is 11.8. The van der Waals surface area contributed by atoms with E-state index in [4.69, 9.17) is 9.72 Å². The van der Waals surface area contributed by atoms with Gasteiger partial charge >= 0.3 is 5.97 Å². The Morgan fingerprint density at radius 1 is 1.00 bits per heavy atom. The minimum Gasteiger partial charge on any atom is -0.467 e. The number of hydrogen-bond acceptors (Lipinski definition) is 5. The lowest BCUT2D eigenvalue weighted by atomic mass is 10.0. The Balaban J connectivity index is 1.77. The lowest BCUT2D eigenvalue weighted by Crippen LogP contribution is -2.34. The summed E-state index contributed by atoms with van der Waals surface area (Å²) in [5, 5.41) is 5.40. The summed E-state index contributed by atoms with van der Waals surface area (Å²) >= 11 is 1.39. The van der Waals surface area contributed by atoms with Crippen LogP contribution in [0.3, 0.4) is 0 Å². The lowest BCUT2D eigenvalue weighted by molar-refractivity contribution is -0.143. The molecule has 144 valence electrons. The van der Waals surface area contributed by atoms with Gasteiger partial charge in [0.1, 0.15) is 0 Å². The van der Waals surface area contributed by atoms with Crippen LogP contribution < -0.4 is 5.32 Å². The molecule has 1 amide bonds. The molecule has 4 rings (SSSR count). The second kappa shape index (κ2) is 8.24. The van der Waals surface area contributed by atoms with Crippen molar-refractivity contribution >= 4 is 34.1 Å². The zero-order valence-corrected chi connectivity index (χ0v) is 16.5. The summed E-state index contributed by atoms with van der Waals surface area (Å²) < 4.78 is 4.89. The Labute approximate surface area is 172 Å². The van der Waals surface area contributed by atoms with Crippen LogP contribution in [0.2, 0.25) is 0 Å². The molecular weight excluding hydrogens is 384 g/mol. The van der Waals surface area contributed by atoms with Crippen LogP contribution in [0.5, 0.6) is 0 Å². The number of para-hydroxylation sites is 1. The maximum atomic E-state index is 13.2. The molecule has 4 aromatic rings. The number of nitrogens with zero attached hydrogens (tertiary/aromatic N) is 1. The molecule has 2 heterocycles. The highest BCUT2D eigenvalue weighted by Crippen LogP contribution is 2.26. The first-order valence-electron chi connectivity index (χ1n) is 9.04. The highest BCUT2D eigenvalue weighted by Gasteiger charge is 2.26. The minimum absolute atomic E-state index is 0.357. The van der Waals surface area contributed by atoms with Crippen LogP contribution in [-0.4, -0.2) is 24.0 Å². The Bertz CT molecular complexity index is 1160. The number of hydrogen-bond donors (Lipinski definition) is 1. The van der Waals surface area contributed by atoms with Gasteiger partial charge in [-0.15, -0.1) is 11.3 Å². The monoisotopic (exact) mass is 402 g/mol. The molecule has 2 aromatic heterocycles. The molecule has 0 bridgehead atoms. The Morgan fingerprint density at radius 3 is 2.48 bits per heavy atom. The van der Waals surface area contributed by atoms with Gasteiger partial charge in [0.25, 0.3) is 5.91 Å². The molecule has 2 aromatic carbocycles. The average Bonchev–Trinajstić information content (AvgIpc) is 3.31. The Morgan fingerprint density at radius 2 is 1.76 bits per heavy atom. The summed E-state index contributed by atoms with van der Waals surface area (Å²) in [6.45, 7) is 0. The second-order valence-electron chi connectivity index (χ2n) is 6.38. The second-order valence-corrected chi connectivity index (χ2v) is 7.36. The van der Waals surface area contributed by atoms with Crippen LogP contribution in [0.4, 0.5) is 0 Å². The molecule has 0 unspecified atom stereocenters.